The number of carboxylic acids is 1. The van der Waals surface area contributed by atoms with Crippen LogP contribution in [0.5, 0.6) is 0 Å². The van der Waals surface area contributed by atoms with Gasteiger partial charge in [-0.05, 0) is 38.3 Å². The molecule has 0 amide bonds. The van der Waals surface area contributed by atoms with E-state index in [2.05, 4.69) is 30.7 Å². The smallest absolute Gasteiger partial charge is 0.335 e. The summed E-state index contributed by atoms with van der Waals surface area (Å²) >= 11 is 0. The third kappa shape index (κ3) is 3.94. The SMILES string of the molecule is CCCN(c1cc(C(=O)O)cc(C(C)C)n1)C(C)C. The summed E-state index contributed by atoms with van der Waals surface area (Å²) in [6, 6.07) is 3.64. The molecule has 4 heteroatoms. The van der Waals surface area contributed by atoms with Crippen LogP contribution in [0.15, 0.2) is 12.1 Å². The molecule has 0 radical (unpaired) electrons. The van der Waals surface area contributed by atoms with Crippen molar-refractivity contribution in [1.29, 1.82) is 0 Å². The average Bonchev–Trinajstić information content (AvgIpc) is 2.34. The third-order valence-corrected chi connectivity index (χ3v) is 3.05. The van der Waals surface area contributed by atoms with Crippen molar-refractivity contribution in [1.82, 2.24) is 4.98 Å². The van der Waals surface area contributed by atoms with Crippen molar-refractivity contribution < 1.29 is 9.90 Å². The molecule has 1 heterocycles. The van der Waals surface area contributed by atoms with E-state index in [1.807, 2.05) is 13.8 Å². The van der Waals surface area contributed by atoms with Crippen molar-refractivity contribution in [2.24, 2.45) is 0 Å². The summed E-state index contributed by atoms with van der Waals surface area (Å²) in [5.41, 5.74) is 1.15. The van der Waals surface area contributed by atoms with E-state index in [1.165, 1.54) is 0 Å². The molecule has 0 spiro atoms. The van der Waals surface area contributed by atoms with Crippen molar-refractivity contribution in [3.8, 4) is 0 Å². The van der Waals surface area contributed by atoms with Crippen LogP contribution in [0.4, 0.5) is 5.82 Å². The Balaban J connectivity index is 3.27. The average molecular weight is 264 g/mol. The lowest BCUT2D eigenvalue weighted by molar-refractivity contribution is 0.0696. The fourth-order valence-corrected chi connectivity index (χ4v) is 1.98. The van der Waals surface area contributed by atoms with Gasteiger partial charge in [0.15, 0.2) is 0 Å². The van der Waals surface area contributed by atoms with Gasteiger partial charge in [0.05, 0.1) is 5.56 Å². The van der Waals surface area contributed by atoms with Gasteiger partial charge in [-0.25, -0.2) is 9.78 Å². The predicted molar refractivity (Wildman–Crippen MR) is 78.1 cm³/mol. The topological polar surface area (TPSA) is 53.4 Å². The molecule has 106 valence electrons. The zero-order valence-electron chi connectivity index (χ0n) is 12.5. The quantitative estimate of drug-likeness (QED) is 0.854. The molecule has 0 saturated heterocycles. The van der Waals surface area contributed by atoms with Gasteiger partial charge in [0.25, 0.3) is 0 Å². The Hall–Kier alpha value is -1.58. The molecule has 4 nitrogen and oxygen atoms in total. The van der Waals surface area contributed by atoms with Gasteiger partial charge in [-0.3, -0.25) is 0 Å². The number of hydrogen-bond acceptors (Lipinski definition) is 3. The van der Waals surface area contributed by atoms with Gasteiger partial charge in [0.2, 0.25) is 0 Å². The molecule has 0 aliphatic heterocycles. The number of hydrogen-bond donors (Lipinski definition) is 1. The van der Waals surface area contributed by atoms with Crippen LogP contribution in [0.2, 0.25) is 0 Å². The second-order valence-corrected chi connectivity index (χ2v) is 5.39. The van der Waals surface area contributed by atoms with Crippen molar-refractivity contribution in [3.05, 3.63) is 23.4 Å². The third-order valence-electron chi connectivity index (χ3n) is 3.05. The fourth-order valence-electron chi connectivity index (χ4n) is 1.98. The van der Waals surface area contributed by atoms with Crippen LogP contribution >= 0.6 is 0 Å². The van der Waals surface area contributed by atoms with E-state index in [0.717, 1.165) is 24.5 Å². The highest BCUT2D eigenvalue weighted by Crippen LogP contribution is 2.22. The van der Waals surface area contributed by atoms with Gasteiger partial charge >= 0.3 is 5.97 Å². The van der Waals surface area contributed by atoms with E-state index in [4.69, 9.17) is 0 Å². The number of anilines is 1. The van der Waals surface area contributed by atoms with E-state index >= 15 is 0 Å². The second kappa shape index (κ2) is 6.55. The van der Waals surface area contributed by atoms with Gasteiger partial charge in [0.1, 0.15) is 5.82 Å². The Morgan fingerprint density at radius 3 is 2.37 bits per heavy atom. The van der Waals surface area contributed by atoms with Gasteiger partial charge in [0, 0.05) is 18.3 Å². The second-order valence-electron chi connectivity index (χ2n) is 5.39. The van der Waals surface area contributed by atoms with Gasteiger partial charge in [-0.1, -0.05) is 20.8 Å². The molecule has 1 aromatic rings. The van der Waals surface area contributed by atoms with Gasteiger partial charge in [-0.2, -0.15) is 0 Å². The highest BCUT2D eigenvalue weighted by Gasteiger charge is 2.16. The summed E-state index contributed by atoms with van der Waals surface area (Å²) in [6.45, 7) is 11.2. The van der Waals surface area contributed by atoms with Crippen molar-refractivity contribution in [2.45, 2.75) is 53.0 Å². The van der Waals surface area contributed by atoms with Crippen LogP contribution in [0.3, 0.4) is 0 Å². The molecule has 1 rings (SSSR count). The number of nitrogens with zero attached hydrogens (tertiary/aromatic N) is 2. The molecule has 1 N–H and O–H groups in total. The first-order chi connectivity index (χ1) is 8.86. The number of rotatable bonds is 6. The standard InChI is InChI=1S/C15H24N2O2/c1-6-7-17(11(4)5)14-9-12(15(18)19)8-13(16-14)10(2)3/h8-11H,6-7H2,1-5H3,(H,18,19). The number of carboxylic acid groups (broad SMARTS) is 1. The fraction of sp³-hybridized carbons (Fsp3) is 0.600. The molecule has 1 aromatic heterocycles. The summed E-state index contributed by atoms with van der Waals surface area (Å²) in [7, 11) is 0. The lowest BCUT2D eigenvalue weighted by atomic mass is 10.1. The van der Waals surface area contributed by atoms with Gasteiger partial charge in [-0.15, -0.1) is 0 Å². The van der Waals surface area contributed by atoms with Gasteiger partial charge < -0.3 is 10.0 Å². The highest BCUT2D eigenvalue weighted by molar-refractivity contribution is 5.88. The Bertz CT molecular complexity index is 442. The van der Waals surface area contributed by atoms with Crippen LogP contribution in [0, 0.1) is 0 Å². The molecule has 0 atom stereocenters. The van der Waals surface area contributed by atoms with E-state index in [1.54, 1.807) is 12.1 Å². The predicted octanol–water partition coefficient (Wildman–Crippen LogP) is 3.53. The summed E-state index contributed by atoms with van der Waals surface area (Å²) in [6.07, 6.45) is 1.01. The minimum atomic E-state index is -0.897. The maximum Gasteiger partial charge on any atom is 0.335 e. The molecular formula is C15H24N2O2. The molecule has 19 heavy (non-hydrogen) atoms. The van der Waals surface area contributed by atoms with Crippen LogP contribution in [-0.2, 0) is 0 Å². The highest BCUT2D eigenvalue weighted by atomic mass is 16.4. The molecular weight excluding hydrogens is 240 g/mol. The Morgan fingerprint density at radius 1 is 1.32 bits per heavy atom. The van der Waals surface area contributed by atoms with Crippen LogP contribution in [0.25, 0.3) is 0 Å². The summed E-state index contributed by atoms with van der Waals surface area (Å²) in [5, 5.41) is 9.22. The molecule has 0 aliphatic rings. The first-order valence-corrected chi connectivity index (χ1v) is 6.88. The lowest BCUT2D eigenvalue weighted by Gasteiger charge is -2.28. The minimum Gasteiger partial charge on any atom is -0.478 e. The number of aromatic nitrogens is 1. The normalized spacial score (nSPS) is 11.1. The summed E-state index contributed by atoms with van der Waals surface area (Å²) in [5.74, 6) is 0.0832. The largest absolute Gasteiger partial charge is 0.478 e. The van der Waals surface area contributed by atoms with E-state index in [-0.39, 0.29) is 5.92 Å². The van der Waals surface area contributed by atoms with E-state index < -0.39 is 5.97 Å². The monoisotopic (exact) mass is 264 g/mol. The minimum absolute atomic E-state index is 0.216. The molecule has 0 unspecified atom stereocenters. The van der Waals surface area contributed by atoms with Crippen molar-refractivity contribution >= 4 is 11.8 Å². The summed E-state index contributed by atoms with van der Waals surface area (Å²) in [4.78, 5) is 18.0. The molecule has 0 fully saturated rings. The number of aromatic carboxylic acids is 1. The Morgan fingerprint density at radius 2 is 1.95 bits per heavy atom. The van der Waals surface area contributed by atoms with E-state index in [0.29, 0.717) is 11.6 Å². The van der Waals surface area contributed by atoms with Crippen LogP contribution in [-0.4, -0.2) is 28.6 Å². The maximum atomic E-state index is 11.2. The maximum absolute atomic E-state index is 11.2. The first kappa shape index (κ1) is 15.5. The molecule has 0 bridgehead atoms. The Labute approximate surface area is 115 Å². The molecule has 0 aromatic carbocycles. The van der Waals surface area contributed by atoms with Crippen LogP contribution < -0.4 is 4.90 Å². The van der Waals surface area contributed by atoms with Crippen molar-refractivity contribution in [2.75, 3.05) is 11.4 Å². The van der Waals surface area contributed by atoms with Crippen LogP contribution in [0.1, 0.15) is 63.0 Å². The molecule has 0 aliphatic carbocycles. The van der Waals surface area contributed by atoms with E-state index in [9.17, 15) is 9.90 Å². The first-order valence-electron chi connectivity index (χ1n) is 6.88. The zero-order chi connectivity index (χ0) is 14.6. The zero-order valence-corrected chi connectivity index (χ0v) is 12.5. The lowest BCUT2D eigenvalue weighted by Crippen LogP contribution is -2.32. The Kier molecular flexibility index (Phi) is 5.33. The molecule has 0 saturated carbocycles. The summed E-state index contributed by atoms with van der Waals surface area (Å²) < 4.78 is 0. The number of pyridine rings is 1. The van der Waals surface area contributed by atoms with Crippen molar-refractivity contribution in [3.63, 3.8) is 0 Å². The number of carbonyl (C=O) groups is 1.